The van der Waals surface area contributed by atoms with Crippen LogP contribution in [0, 0.1) is 5.92 Å². The summed E-state index contributed by atoms with van der Waals surface area (Å²) in [5, 5.41) is 2.93. The molecule has 3 fully saturated rings. The maximum Gasteiger partial charge on any atom is 0.329 e. The predicted molar refractivity (Wildman–Crippen MR) is 95.4 cm³/mol. The smallest absolute Gasteiger partial charge is 0.329 e. The maximum absolute atomic E-state index is 13.0. The van der Waals surface area contributed by atoms with E-state index >= 15 is 0 Å². The Morgan fingerprint density at radius 1 is 1.27 bits per heavy atom. The SMILES string of the molecule is COCC[NH+](CN1C(=O)NC2(CCC(C)CC2)C1=O)[C@@H]1CCS(=O)(=O)C1. The molecule has 0 radical (unpaired) electrons. The Bertz CT molecular complexity index is 657. The van der Waals surface area contributed by atoms with Gasteiger partial charge in [-0.15, -0.1) is 0 Å². The molecule has 3 amide bonds. The highest BCUT2D eigenvalue weighted by molar-refractivity contribution is 7.91. The van der Waals surface area contributed by atoms with E-state index in [4.69, 9.17) is 4.74 Å². The van der Waals surface area contributed by atoms with Crippen LogP contribution in [-0.4, -0.2) is 75.3 Å². The number of quaternary nitrogens is 1. The van der Waals surface area contributed by atoms with Crippen LogP contribution in [-0.2, 0) is 19.4 Å². The minimum absolute atomic E-state index is 0.0984. The number of sulfone groups is 1. The monoisotopic (exact) mass is 388 g/mol. The van der Waals surface area contributed by atoms with Crippen molar-refractivity contribution in [3.63, 3.8) is 0 Å². The van der Waals surface area contributed by atoms with E-state index in [-0.39, 0.29) is 36.2 Å². The van der Waals surface area contributed by atoms with Crippen LogP contribution in [0.2, 0.25) is 0 Å². The number of ether oxygens (including phenoxy) is 1. The quantitative estimate of drug-likeness (QED) is 0.579. The summed E-state index contributed by atoms with van der Waals surface area (Å²) >= 11 is 0. The second-order valence-electron chi connectivity index (χ2n) is 8.09. The Kier molecular flexibility index (Phi) is 5.60. The molecule has 3 aliphatic rings. The highest BCUT2D eigenvalue weighted by Crippen LogP contribution is 2.36. The lowest BCUT2D eigenvalue weighted by molar-refractivity contribution is -0.929. The van der Waals surface area contributed by atoms with Gasteiger partial charge in [-0.2, -0.15) is 0 Å². The average Bonchev–Trinajstić information content (AvgIpc) is 3.06. The largest absolute Gasteiger partial charge is 0.379 e. The minimum Gasteiger partial charge on any atom is -0.379 e. The minimum atomic E-state index is -3.02. The van der Waals surface area contributed by atoms with Gasteiger partial charge < -0.3 is 15.0 Å². The summed E-state index contributed by atoms with van der Waals surface area (Å²) in [6.07, 6.45) is 3.79. The third kappa shape index (κ3) is 3.89. The Labute approximate surface area is 155 Å². The molecule has 9 heteroatoms. The Balaban J connectivity index is 1.72. The van der Waals surface area contributed by atoms with Crippen LogP contribution in [0.1, 0.15) is 39.0 Å². The van der Waals surface area contributed by atoms with Crippen LogP contribution in [0.5, 0.6) is 0 Å². The fourth-order valence-electron chi connectivity index (χ4n) is 4.38. The molecule has 148 valence electrons. The summed E-state index contributed by atoms with van der Waals surface area (Å²) in [6, 6.07) is -0.445. The molecule has 2 heterocycles. The van der Waals surface area contributed by atoms with Gasteiger partial charge in [0.2, 0.25) is 0 Å². The Morgan fingerprint density at radius 2 is 1.96 bits per heavy atom. The molecular weight excluding hydrogens is 358 g/mol. The van der Waals surface area contributed by atoms with E-state index in [1.807, 2.05) is 0 Å². The van der Waals surface area contributed by atoms with E-state index in [0.717, 1.165) is 17.7 Å². The van der Waals surface area contributed by atoms with Crippen LogP contribution >= 0.6 is 0 Å². The van der Waals surface area contributed by atoms with E-state index < -0.39 is 15.4 Å². The fraction of sp³-hybridized carbons (Fsp3) is 0.882. The number of nitrogens with one attached hydrogen (secondary N) is 2. The molecule has 1 unspecified atom stereocenters. The molecule has 1 aliphatic carbocycles. The zero-order valence-electron chi connectivity index (χ0n) is 15.6. The summed E-state index contributed by atoms with van der Waals surface area (Å²) in [6.45, 7) is 3.39. The summed E-state index contributed by atoms with van der Waals surface area (Å²) in [7, 11) is -1.43. The second kappa shape index (κ2) is 7.44. The van der Waals surface area contributed by atoms with Gasteiger partial charge in [0.25, 0.3) is 5.91 Å². The standard InChI is InChI=1S/C17H29N3O5S/c1-13-3-6-17(7-4-13)15(21)20(16(22)18-17)12-19(8-9-25-2)14-5-10-26(23,24)11-14/h13-14H,3-12H2,1-2H3,(H,18,22)/p+1/t13?,14-,17?/m1/s1. The lowest BCUT2D eigenvalue weighted by Crippen LogP contribution is -3.18. The molecule has 26 heavy (non-hydrogen) atoms. The van der Waals surface area contributed by atoms with Crippen LogP contribution in [0.25, 0.3) is 0 Å². The van der Waals surface area contributed by atoms with Gasteiger partial charge in [-0.25, -0.2) is 18.1 Å². The number of hydrogen-bond donors (Lipinski definition) is 2. The van der Waals surface area contributed by atoms with Gasteiger partial charge >= 0.3 is 6.03 Å². The molecular formula is C17H30N3O5S+. The van der Waals surface area contributed by atoms with Gasteiger partial charge in [0, 0.05) is 13.5 Å². The molecule has 8 nitrogen and oxygen atoms in total. The van der Waals surface area contributed by atoms with E-state index in [0.29, 0.717) is 38.3 Å². The molecule has 2 N–H and O–H groups in total. The number of amides is 3. The second-order valence-corrected chi connectivity index (χ2v) is 10.3. The van der Waals surface area contributed by atoms with Gasteiger partial charge in [-0.05, 0) is 31.6 Å². The van der Waals surface area contributed by atoms with Crippen molar-refractivity contribution < 1.29 is 27.6 Å². The van der Waals surface area contributed by atoms with E-state index in [1.165, 1.54) is 4.90 Å². The zero-order chi connectivity index (χ0) is 18.9. The van der Waals surface area contributed by atoms with Crippen molar-refractivity contribution in [3.05, 3.63) is 0 Å². The zero-order valence-corrected chi connectivity index (χ0v) is 16.4. The first-order chi connectivity index (χ1) is 12.3. The number of carbonyl (C=O) groups excluding carboxylic acids is 2. The van der Waals surface area contributed by atoms with Crippen molar-refractivity contribution >= 4 is 21.8 Å². The van der Waals surface area contributed by atoms with Crippen molar-refractivity contribution in [2.24, 2.45) is 5.92 Å². The molecule has 1 saturated carbocycles. The van der Waals surface area contributed by atoms with Crippen molar-refractivity contribution in [1.82, 2.24) is 10.2 Å². The number of imide groups is 1. The number of rotatable bonds is 6. The third-order valence-corrected chi connectivity index (χ3v) is 7.94. The lowest BCUT2D eigenvalue weighted by Gasteiger charge is -2.34. The molecule has 0 bridgehead atoms. The van der Waals surface area contributed by atoms with Gasteiger partial charge in [0.05, 0.1) is 12.4 Å². The highest BCUT2D eigenvalue weighted by Gasteiger charge is 2.53. The van der Waals surface area contributed by atoms with Crippen molar-refractivity contribution in [2.45, 2.75) is 50.6 Å². The van der Waals surface area contributed by atoms with Gasteiger partial charge in [-0.1, -0.05) is 6.92 Å². The summed E-state index contributed by atoms with van der Waals surface area (Å²) in [5.41, 5.74) is -0.752. The highest BCUT2D eigenvalue weighted by atomic mass is 32.2. The normalized spacial score (nSPS) is 35.1. The van der Waals surface area contributed by atoms with Crippen molar-refractivity contribution in [2.75, 3.05) is 38.4 Å². The lowest BCUT2D eigenvalue weighted by atomic mass is 9.77. The topological polar surface area (TPSA) is 97.2 Å². The number of methoxy groups -OCH3 is 1. The van der Waals surface area contributed by atoms with Crippen molar-refractivity contribution in [3.8, 4) is 0 Å². The number of hydrogen-bond acceptors (Lipinski definition) is 5. The molecule has 3 rings (SSSR count). The predicted octanol–water partition coefficient (Wildman–Crippen LogP) is -0.837. The van der Waals surface area contributed by atoms with E-state index in [2.05, 4.69) is 12.2 Å². The van der Waals surface area contributed by atoms with Crippen LogP contribution in [0.15, 0.2) is 0 Å². The molecule has 2 aliphatic heterocycles. The van der Waals surface area contributed by atoms with Crippen LogP contribution in [0.4, 0.5) is 4.79 Å². The number of urea groups is 1. The van der Waals surface area contributed by atoms with Crippen LogP contribution in [0.3, 0.4) is 0 Å². The first kappa shape index (κ1) is 19.6. The van der Waals surface area contributed by atoms with Gasteiger partial charge in [0.1, 0.15) is 23.9 Å². The fourth-order valence-corrected chi connectivity index (χ4v) is 6.20. The van der Waals surface area contributed by atoms with E-state index in [1.54, 1.807) is 7.11 Å². The summed E-state index contributed by atoms with van der Waals surface area (Å²) in [5.74, 6) is 0.714. The third-order valence-electron chi connectivity index (χ3n) is 6.17. The van der Waals surface area contributed by atoms with Gasteiger partial charge in [-0.3, -0.25) is 4.79 Å². The average molecular weight is 389 g/mol. The first-order valence-corrected chi connectivity index (χ1v) is 11.3. The number of nitrogens with zero attached hydrogens (tertiary/aromatic N) is 1. The number of carbonyl (C=O) groups is 2. The van der Waals surface area contributed by atoms with Gasteiger partial charge in [0.15, 0.2) is 16.5 Å². The summed E-state index contributed by atoms with van der Waals surface area (Å²) in [4.78, 5) is 27.8. The molecule has 1 spiro atoms. The summed E-state index contributed by atoms with van der Waals surface area (Å²) < 4.78 is 28.9. The molecule has 0 aromatic rings. The first-order valence-electron chi connectivity index (χ1n) is 9.44. The van der Waals surface area contributed by atoms with E-state index in [9.17, 15) is 18.0 Å². The molecule has 0 aromatic heterocycles. The Morgan fingerprint density at radius 3 is 2.54 bits per heavy atom. The molecule has 0 aromatic carbocycles. The molecule has 2 saturated heterocycles. The molecule has 2 atom stereocenters. The van der Waals surface area contributed by atoms with Crippen molar-refractivity contribution in [1.29, 1.82) is 0 Å². The van der Waals surface area contributed by atoms with Crippen LogP contribution < -0.4 is 10.2 Å². The maximum atomic E-state index is 13.0. The Hall–Kier alpha value is -1.19.